The number of pyridine rings is 2. The van der Waals surface area contributed by atoms with Gasteiger partial charge in [-0.1, -0.05) is 6.07 Å². The van der Waals surface area contributed by atoms with E-state index in [1.54, 1.807) is 12.4 Å². The van der Waals surface area contributed by atoms with Crippen LogP contribution < -0.4 is 0 Å². The van der Waals surface area contributed by atoms with Crippen LogP contribution in [0.4, 0.5) is 0 Å². The fraction of sp³-hybridized carbons (Fsp3) is 0.320. The molecule has 3 heterocycles. The second-order valence-corrected chi connectivity index (χ2v) is 8.55. The van der Waals surface area contributed by atoms with Crippen molar-refractivity contribution in [3.05, 3.63) is 72.6 Å². The molecule has 1 fully saturated rings. The molecule has 0 unspecified atom stereocenters. The van der Waals surface area contributed by atoms with Crippen molar-refractivity contribution < 1.29 is 34.8 Å². The molecule has 1 saturated carbocycles. The Labute approximate surface area is 212 Å². The van der Waals surface area contributed by atoms with Gasteiger partial charge < -0.3 is 20.4 Å². The third kappa shape index (κ3) is 8.70. The fourth-order valence-corrected chi connectivity index (χ4v) is 3.49. The van der Waals surface area contributed by atoms with Gasteiger partial charge in [0.2, 0.25) is 0 Å². The largest absolute Gasteiger partial charge is 0.481 e. The number of carbonyl (C=O) groups is 3. The van der Waals surface area contributed by atoms with Crippen molar-refractivity contribution in [2.24, 2.45) is 0 Å². The number of rotatable bonds is 11. The van der Waals surface area contributed by atoms with Gasteiger partial charge in [-0.25, -0.2) is 14.8 Å². The number of aromatic nitrogens is 4. The summed E-state index contributed by atoms with van der Waals surface area (Å²) in [5.74, 6) is -4.29. The van der Waals surface area contributed by atoms with Crippen molar-refractivity contribution in [3.63, 3.8) is 0 Å². The molecule has 3 aromatic heterocycles. The number of carboxylic acids is 3. The zero-order chi connectivity index (χ0) is 26.8. The molecule has 194 valence electrons. The maximum Gasteiger partial charge on any atom is 0.336 e. The first kappa shape index (κ1) is 27.3. The highest BCUT2D eigenvalue weighted by Gasteiger charge is 2.40. The van der Waals surface area contributed by atoms with Gasteiger partial charge in [0.1, 0.15) is 0 Å². The Balaban J connectivity index is 0.000000251. The van der Waals surface area contributed by atoms with Crippen molar-refractivity contribution in [1.29, 1.82) is 0 Å². The summed E-state index contributed by atoms with van der Waals surface area (Å²) in [6.07, 6.45) is 7.47. The predicted molar refractivity (Wildman–Crippen MR) is 129 cm³/mol. The Hall–Kier alpha value is -4.29. The Bertz CT molecular complexity index is 1190. The van der Waals surface area contributed by atoms with Gasteiger partial charge in [-0.05, 0) is 43.2 Å². The zero-order valence-electron chi connectivity index (χ0n) is 19.8. The van der Waals surface area contributed by atoms with E-state index in [9.17, 15) is 14.4 Å². The molecule has 1 aliphatic rings. The highest BCUT2D eigenvalue weighted by molar-refractivity contribution is 5.88. The maximum absolute atomic E-state index is 10.3. The van der Waals surface area contributed by atoms with Gasteiger partial charge in [0.05, 0.1) is 24.2 Å². The van der Waals surface area contributed by atoms with Crippen molar-refractivity contribution in [3.8, 4) is 11.4 Å². The molecule has 12 nitrogen and oxygen atoms in total. The molecule has 12 heteroatoms. The van der Waals surface area contributed by atoms with E-state index in [4.69, 9.17) is 25.4 Å². The molecule has 3 aromatic rings. The molecule has 0 bridgehead atoms. The molecule has 0 atom stereocenters. The van der Waals surface area contributed by atoms with E-state index in [1.165, 1.54) is 12.8 Å². The van der Waals surface area contributed by atoms with E-state index in [-0.39, 0.29) is 0 Å². The smallest absolute Gasteiger partial charge is 0.336 e. The maximum atomic E-state index is 10.3. The van der Waals surface area contributed by atoms with Crippen LogP contribution in [0.1, 0.15) is 37.1 Å². The Kier molecular flexibility index (Phi) is 9.30. The molecule has 4 N–H and O–H groups in total. The summed E-state index contributed by atoms with van der Waals surface area (Å²) in [6, 6.07) is 12.6. The molecule has 0 spiro atoms. The van der Waals surface area contributed by atoms with Crippen LogP contribution in [0.25, 0.3) is 11.4 Å². The summed E-state index contributed by atoms with van der Waals surface area (Å²) in [7, 11) is 0. The number of nitrogens with zero attached hydrogens (tertiary/aromatic N) is 5. The van der Waals surface area contributed by atoms with E-state index < -0.39 is 36.4 Å². The van der Waals surface area contributed by atoms with Crippen LogP contribution in [-0.2, 0) is 27.5 Å². The second kappa shape index (κ2) is 12.6. The van der Waals surface area contributed by atoms with Gasteiger partial charge in [0.15, 0.2) is 11.4 Å². The molecule has 0 radical (unpaired) electrons. The lowest BCUT2D eigenvalue weighted by atomic mass is 9.96. The van der Waals surface area contributed by atoms with Crippen LogP contribution in [-0.4, -0.2) is 74.8 Å². The Morgan fingerprint density at radius 2 is 1.57 bits per heavy atom. The third-order valence-electron chi connectivity index (χ3n) is 5.44. The van der Waals surface area contributed by atoms with Gasteiger partial charge in [-0.3, -0.25) is 24.5 Å². The van der Waals surface area contributed by atoms with E-state index >= 15 is 0 Å². The standard InChI is InChI=1S/C19H19N5.C6H8O7/c1-2-10-21-16(5-1)13-24(18-6-7-18)14-17-8-11-22-19(23-17)15-4-3-9-20-12-15;7-3(8)1-6(13,5(11)12)2-4(9)10/h1-5,8-12,18H,6-7,13-14H2;13H,1-2H2,(H,7,8)(H,9,10)(H,11,12). The van der Waals surface area contributed by atoms with Crippen molar-refractivity contribution in [2.45, 2.75) is 50.4 Å². The van der Waals surface area contributed by atoms with Gasteiger partial charge in [0.25, 0.3) is 0 Å². The summed E-state index contributed by atoms with van der Waals surface area (Å²) in [5.41, 5.74) is 0.345. The fourth-order valence-electron chi connectivity index (χ4n) is 3.49. The molecule has 0 saturated heterocycles. The number of hydrogen-bond acceptors (Lipinski definition) is 9. The van der Waals surface area contributed by atoms with E-state index in [0.717, 1.165) is 35.9 Å². The van der Waals surface area contributed by atoms with Crippen LogP contribution in [0, 0.1) is 0 Å². The first-order valence-corrected chi connectivity index (χ1v) is 11.4. The summed E-state index contributed by atoms with van der Waals surface area (Å²) < 4.78 is 0. The van der Waals surface area contributed by atoms with E-state index in [1.807, 2.05) is 42.7 Å². The lowest BCUT2D eigenvalue weighted by Crippen LogP contribution is -2.42. The molecule has 0 aromatic carbocycles. The first-order chi connectivity index (χ1) is 17.7. The number of carboxylic acid groups (broad SMARTS) is 3. The van der Waals surface area contributed by atoms with Gasteiger partial charge in [-0.15, -0.1) is 0 Å². The minimum Gasteiger partial charge on any atom is -0.481 e. The minimum absolute atomic E-state index is 0.642. The van der Waals surface area contributed by atoms with E-state index in [2.05, 4.69) is 25.9 Å². The molecular formula is C25H27N5O7. The van der Waals surface area contributed by atoms with Crippen LogP contribution in [0.15, 0.2) is 61.2 Å². The average Bonchev–Trinajstić information content (AvgIpc) is 3.70. The molecule has 0 aliphatic heterocycles. The van der Waals surface area contributed by atoms with Crippen molar-refractivity contribution in [2.75, 3.05) is 0 Å². The SMILES string of the molecule is O=C(O)CC(O)(CC(=O)O)C(=O)O.c1ccc(CN(Cc2ccnc(-c3cccnc3)n2)C2CC2)nc1. The minimum atomic E-state index is -2.74. The van der Waals surface area contributed by atoms with Gasteiger partial charge in [-0.2, -0.15) is 0 Å². The number of aliphatic hydroxyl groups is 1. The van der Waals surface area contributed by atoms with Crippen molar-refractivity contribution >= 4 is 17.9 Å². The van der Waals surface area contributed by atoms with Crippen LogP contribution >= 0.6 is 0 Å². The lowest BCUT2D eigenvalue weighted by Gasteiger charge is -2.21. The van der Waals surface area contributed by atoms with Gasteiger partial charge >= 0.3 is 17.9 Å². The molecule has 37 heavy (non-hydrogen) atoms. The quantitative estimate of drug-likeness (QED) is 0.294. The van der Waals surface area contributed by atoms with Crippen LogP contribution in [0.5, 0.6) is 0 Å². The van der Waals surface area contributed by atoms with Crippen molar-refractivity contribution in [1.82, 2.24) is 24.8 Å². The van der Waals surface area contributed by atoms with E-state index in [0.29, 0.717) is 6.04 Å². The highest BCUT2D eigenvalue weighted by Crippen LogP contribution is 2.29. The highest BCUT2D eigenvalue weighted by atomic mass is 16.4. The predicted octanol–water partition coefficient (Wildman–Crippen LogP) is 1.85. The number of aliphatic carboxylic acids is 3. The van der Waals surface area contributed by atoms with Gasteiger partial charge in [0, 0.05) is 49.5 Å². The summed E-state index contributed by atoms with van der Waals surface area (Å²) >= 11 is 0. The molecule has 4 rings (SSSR count). The summed E-state index contributed by atoms with van der Waals surface area (Å²) in [4.78, 5) is 50.6. The second-order valence-electron chi connectivity index (χ2n) is 8.55. The van der Waals surface area contributed by atoms with Crippen LogP contribution in [0.2, 0.25) is 0 Å². The zero-order valence-corrected chi connectivity index (χ0v) is 19.8. The first-order valence-electron chi connectivity index (χ1n) is 11.4. The monoisotopic (exact) mass is 509 g/mol. The summed E-state index contributed by atoms with van der Waals surface area (Å²) in [5, 5.41) is 33.8. The average molecular weight is 510 g/mol. The molecule has 0 amide bonds. The molecular weight excluding hydrogens is 482 g/mol. The molecule has 1 aliphatic carbocycles. The Morgan fingerprint density at radius 1 is 0.865 bits per heavy atom. The topological polar surface area (TPSA) is 187 Å². The third-order valence-corrected chi connectivity index (χ3v) is 5.44. The normalized spacial score (nSPS) is 12.9. The Morgan fingerprint density at radius 3 is 2.11 bits per heavy atom. The lowest BCUT2D eigenvalue weighted by molar-refractivity contribution is -0.170. The van der Waals surface area contributed by atoms with Crippen LogP contribution in [0.3, 0.4) is 0 Å². The number of hydrogen-bond donors (Lipinski definition) is 4. The summed E-state index contributed by atoms with van der Waals surface area (Å²) in [6.45, 7) is 1.68.